The zero-order valence-electron chi connectivity index (χ0n) is 15.3. The van der Waals surface area contributed by atoms with Crippen molar-refractivity contribution < 1.29 is 22.4 Å². The molecule has 0 atom stereocenters. The molecule has 0 amide bonds. The van der Waals surface area contributed by atoms with Crippen LogP contribution >= 0.6 is 0 Å². The fourth-order valence-corrected chi connectivity index (χ4v) is 4.64. The van der Waals surface area contributed by atoms with Gasteiger partial charge < -0.3 is 14.0 Å². The van der Waals surface area contributed by atoms with Crippen molar-refractivity contribution in [3.8, 4) is 22.9 Å². The predicted octanol–water partition coefficient (Wildman–Crippen LogP) is 1.94. The molecule has 0 saturated carbocycles. The van der Waals surface area contributed by atoms with Crippen LogP contribution in [0, 0.1) is 0 Å². The second kappa shape index (κ2) is 7.21. The Balaban J connectivity index is 1.52. The Morgan fingerprint density at radius 1 is 1.11 bits per heavy atom. The maximum atomic E-state index is 13.0. The van der Waals surface area contributed by atoms with E-state index in [-0.39, 0.29) is 29.7 Å². The minimum absolute atomic E-state index is 0.0656. The number of pyridine rings is 1. The van der Waals surface area contributed by atoms with Crippen molar-refractivity contribution >= 4 is 10.0 Å². The number of nitrogens with zero attached hydrogens (tertiary/aromatic N) is 4. The van der Waals surface area contributed by atoms with Gasteiger partial charge in [-0.3, -0.25) is 4.98 Å². The van der Waals surface area contributed by atoms with Crippen LogP contribution in [0.25, 0.3) is 11.4 Å². The molecule has 1 aromatic carbocycles. The minimum atomic E-state index is -3.73. The van der Waals surface area contributed by atoms with Crippen LogP contribution in [-0.4, -0.2) is 55.2 Å². The molecule has 4 rings (SSSR count). The largest absolute Gasteiger partial charge is 0.497 e. The molecule has 0 bridgehead atoms. The van der Waals surface area contributed by atoms with Crippen LogP contribution in [0.2, 0.25) is 0 Å². The summed E-state index contributed by atoms with van der Waals surface area (Å²) < 4.78 is 43.0. The first-order chi connectivity index (χ1) is 13.5. The summed E-state index contributed by atoms with van der Waals surface area (Å²) in [6.45, 7) is 0.501. The van der Waals surface area contributed by atoms with Gasteiger partial charge in [0.1, 0.15) is 16.4 Å². The van der Waals surface area contributed by atoms with Gasteiger partial charge in [0, 0.05) is 37.1 Å². The van der Waals surface area contributed by atoms with Crippen molar-refractivity contribution in [2.75, 3.05) is 27.3 Å². The summed E-state index contributed by atoms with van der Waals surface area (Å²) in [6, 6.07) is 8.23. The van der Waals surface area contributed by atoms with E-state index in [1.54, 1.807) is 36.7 Å². The van der Waals surface area contributed by atoms with Crippen molar-refractivity contribution in [1.82, 2.24) is 19.4 Å². The Morgan fingerprint density at radius 2 is 1.86 bits per heavy atom. The standard InChI is InChI=1S/C18H18N4O5S/c1-25-14-3-4-15(26-2)16(9-14)28(23,24)22-10-13(11-22)18-20-17(21-27-18)12-5-7-19-8-6-12/h3-9,13H,10-11H2,1-2H3. The van der Waals surface area contributed by atoms with Crippen molar-refractivity contribution in [3.63, 3.8) is 0 Å². The Morgan fingerprint density at radius 3 is 2.54 bits per heavy atom. The molecule has 9 nitrogen and oxygen atoms in total. The number of hydrogen-bond donors (Lipinski definition) is 0. The molecule has 28 heavy (non-hydrogen) atoms. The molecule has 0 aliphatic carbocycles. The molecule has 1 aliphatic rings. The summed E-state index contributed by atoms with van der Waals surface area (Å²) in [5.74, 6) is 1.41. The minimum Gasteiger partial charge on any atom is -0.497 e. The third kappa shape index (κ3) is 3.20. The molecule has 0 unspecified atom stereocenters. The molecule has 3 heterocycles. The Hall–Kier alpha value is -2.98. The summed E-state index contributed by atoms with van der Waals surface area (Å²) in [5, 5.41) is 3.97. The Labute approximate surface area is 162 Å². The van der Waals surface area contributed by atoms with E-state index in [4.69, 9.17) is 14.0 Å². The van der Waals surface area contributed by atoms with E-state index in [1.165, 1.54) is 24.6 Å². The van der Waals surface area contributed by atoms with Gasteiger partial charge in [-0.25, -0.2) is 8.42 Å². The predicted molar refractivity (Wildman–Crippen MR) is 98.6 cm³/mol. The topological polar surface area (TPSA) is 108 Å². The Bertz CT molecular complexity index is 1080. The lowest BCUT2D eigenvalue weighted by Gasteiger charge is -2.36. The molecular formula is C18H18N4O5S. The lowest BCUT2D eigenvalue weighted by atomic mass is 10.0. The van der Waals surface area contributed by atoms with Crippen LogP contribution < -0.4 is 9.47 Å². The molecule has 1 fully saturated rings. The molecular weight excluding hydrogens is 384 g/mol. The van der Waals surface area contributed by atoms with Gasteiger partial charge in [0.05, 0.1) is 20.1 Å². The molecule has 10 heteroatoms. The van der Waals surface area contributed by atoms with Gasteiger partial charge in [-0.2, -0.15) is 9.29 Å². The fourth-order valence-electron chi connectivity index (χ4n) is 2.93. The smallest absolute Gasteiger partial charge is 0.246 e. The molecule has 1 aliphatic heterocycles. The summed E-state index contributed by atoms with van der Waals surface area (Å²) in [7, 11) is -0.824. The van der Waals surface area contributed by atoms with Gasteiger partial charge in [0.2, 0.25) is 21.7 Å². The van der Waals surface area contributed by atoms with E-state index in [9.17, 15) is 8.42 Å². The van der Waals surface area contributed by atoms with Gasteiger partial charge in [-0.1, -0.05) is 5.16 Å². The van der Waals surface area contributed by atoms with Gasteiger partial charge in [-0.15, -0.1) is 0 Å². The van der Waals surface area contributed by atoms with Crippen LogP contribution in [0.3, 0.4) is 0 Å². The Kier molecular flexibility index (Phi) is 4.73. The van der Waals surface area contributed by atoms with E-state index in [0.717, 1.165) is 5.56 Å². The van der Waals surface area contributed by atoms with Gasteiger partial charge >= 0.3 is 0 Å². The average Bonchev–Trinajstić information content (AvgIpc) is 3.16. The van der Waals surface area contributed by atoms with E-state index >= 15 is 0 Å². The lowest BCUT2D eigenvalue weighted by molar-refractivity contribution is 0.216. The quantitative estimate of drug-likeness (QED) is 0.616. The van der Waals surface area contributed by atoms with E-state index < -0.39 is 10.0 Å². The third-order valence-electron chi connectivity index (χ3n) is 4.57. The van der Waals surface area contributed by atoms with Crippen molar-refractivity contribution in [1.29, 1.82) is 0 Å². The highest BCUT2D eigenvalue weighted by Gasteiger charge is 2.41. The second-order valence-corrected chi connectivity index (χ2v) is 8.13. The van der Waals surface area contributed by atoms with Crippen LogP contribution in [0.1, 0.15) is 11.8 Å². The molecule has 0 radical (unpaired) electrons. The average molecular weight is 402 g/mol. The molecule has 2 aromatic heterocycles. The first kappa shape index (κ1) is 18.4. The maximum absolute atomic E-state index is 13.0. The van der Waals surface area contributed by atoms with Crippen LogP contribution in [0.5, 0.6) is 11.5 Å². The monoisotopic (exact) mass is 402 g/mol. The SMILES string of the molecule is COc1ccc(OC)c(S(=O)(=O)N2CC(c3nc(-c4ccncc4)no3)C2)c1. The number of benzene rings is 1. The van der Waals surface area contributed by atoms with E-state index in [0.29, 0.717) is 17.5 Å². The zero-order valence-corrected chi connectivity index (χ0v) is 16.1. The van der Waals surface area contributed by atoms with Gasteiger partial charge in [0.15, 0.2) is 0 Å². The normalized spacial score (nSPS) is 15.2. The summed E-state index contributed by atoms with van der Waals surface area (Å²) in [4.78, 5) is 8.40. The van der Waals surface area contributed by atoms with E-state index in [1.807, 2.05) is 0 Å². The second-order valence-electron chi connectivity index (χ2n) is 6.23. The summed E-state index contributed by atoms with van der Waals surface area (Å²) in [6.07, 6.45) is 3.29. The fraction of sp³-hybridized carbons (Fsp3) is 0.278. The first-order valence-electron chi connectivity index (χ1n) is 8.49. The van der Waals surface area contributed by atoms with Crippen molar-refractivity contribution in [3.05, 3.63) is 48.6 Å². The van der Waals surface area contributed by atoms with Crippen LogP contribution in [-0.2, 0) is 10.0 Å². The summed E-state index contributed by atoms with van der Waals surface area (Å²) >= 11 is 0. The van der Waals surface area contributed by atoms with Crippen LogP contribution in [0.15, 0.2) is 52.1 Å². The highest BCUT2D eigenvalue weighted by Crippen LogP contribution is 2.36. The molecule has 1 saturated heterocycles. The number of sulfonamides is 1. The highest BCUT2D eigenvalue weighted by atomic mass is 32.2. The van der Waals surface area contributed by atoms with Gasteiger partial charge in [0.25, 0.3) is 0 Å². The van der Waals surface area contributed by atoms with Crippen molar-refractivity contribution in [2.45, 2.75) is 10.8 Å². The first-order valence-corrected chi connectivity index (χ1v) is 9.93. The number of aromatic nitrogens is 3. The lowest BCUT2D eigenvalue weighted by Crippen LogP contribution is -2.48. The number of hydrogen-bond acceptors (Lipinski definition) is 8. The number of ether oxygens (including phenoxy) is 2. The highest BCUT2D eigenvalue weighted by molar-refractivity contribution is 7.89. The molecule has 3 aromatic rings. The maximum Gasteiger partial charge on any atom is 0.246 e. The van der Waals surface area contributed by atoms with Crippen molar-refractivity contribution in [2.24, 2.45) is 0 Å². The molecule has 146 valence electrons. The third-order valence-corrected chi connectivity index (χ3v) is 6.42. The van der Waals surface area contributed by atoms with Gasteiger partial charge in [-0.05, 0) is 24.3 Å². The number of methoxy groups -OCH3 is 2. The zero-order chi connectivity index (χ0) is 19.7. The molecule has 0 spiro atoms. The molecule has 0 N–H and O–H groups in total. The number of rotatable bonds is 6. The van der Waals surface area contributed by atoms with Crippen LogP contribution in [0.4, 0.5) is 0 Å². The summed E-state index contributed by atoms with van der Waals surface area (Å²) in [5.41, 5.74) is 0.787. The van der Waals surface area contributed by atoms with E-state index in [2.05, 4.69) is 15.1 Å².